The third-order valence-electron chi connectivity index (χ3n) is 3.04. The molecule has 1 aliphatic rings. The van der Waals surface area contributed by atoms with Gasteiger partial charge in [-0.05, 0) is 26.0 Å². The van der Waals surface area contributed by atoms with Crippen molar-refractivity contribution in [3.63, 3.8) is 0 Å². The molecule has 4 heteroatoms. The van der Waals surface area contributed by atoms with Crippen molar-refractivity contribution in [2.24, 2.45) is 0 Å². The smallest absolute Gasteiger partial charge is 0.331 e. The minimum atomic E-state index is -0.781. The summed E-state index contributed by atoms with van der Waals surface area (Å²) in [6.07, 6.45) is 1.56. The lowest BCUT2D eigenvalue weighted by atomic mass is 9.84. The van der Waals surface area contributed by atoms with Crippen LogP contribution in [0.15, 0.2) is 24.3 Å². The highest BCUT2D eigenvalue weighted by Gasteiger charge is 2.43. The molecule has 1 atom stereocenters. The van der Waals surface area contributed by atoms with Crippen LogP contribution in [0.2, 0.25) is 5.02 Å². The molecule has 16 heavy (non-hydrogen) atoms. The first kappa shape index (κ1) is 11.4. The van der Waals surface area contributed by atoms with Crippen molar-refractivity contribution < 1.29 is 9.53 Å². The highest BCUT2D eigenvalue weighted by atomic mass is 35.5. The predicted octanol–water partition coefficient (Wildman–Crippen LogP) is 2.09. The topological polar surface area (TPSA) is 38.3 Å². The second-order valence-corrected chi connectivity index (χ2v) is 4.28. The Hall–Kier alpha value is -1.06. The van der Waals surface area contributed by atoms with Crippen molar-refractivity contribution in [3.05, 3.63) is 34.9 Å². The highest BCUT2D eigenvalue weighted by Crippen LogP contribution is 2.35. The maximum Gasteiger partial charge on any atom is 0.331 e. The molecule has 0 saturated carbocycles. The van der Waals surface area contributed by atoms with Gasteiger partial charge in [-0.25, -0.2) is 4.79 Å². The van der Waals surface area contributed by atoms with E-state index in [0.717, 1.165) is 12.0 Å². The lowest BCUT2D eigenvalue weighted by Crippen LogP contribution is -2.51. The number of likely N-dealkylation sites (N-methyl/N-ethyl adjacent to an activating group) is 1. The summed E-state index contributed by atoms with van der Waals surface area (Å²) in [5, 5.41) is 3.66. The lowest BCUT2D eigenvalue weighted by Gasteiger charge is -2.35. The number of benzene rings is 1. The Bertz CT molecular complexity index is 408. The fourth-order valence-corrected chi connectivity index (χ4v) is 2.44. The summed E-state index contributed by atoms with van der Waals surface area (Å²) in [6, 6.07) is 7.38. The maximum atomic E-state index is 12.0. The Morgan fingerprint density at radius 1 is 1.44 bits per heavy atom. The molecule has 0 unspecified atom stereocenters. The molecule has 1 fully saturated rings. The van der Waals surface area contributed by atoms with E-state index in [9.17, 15) is 4.79 Å². The van der Waals surface area contributed by atoms with Gasteiger partial charge in [0, 0.05) is 10.6 Å². The van der Waals surface area contributed by atoms with Gasteiger partial charge in [-0.15, -0.1) is 0 Å². The van der Waals surface area contributed by atoms with Gasteiger partial charge in [-0.2, -0.15) is 0 Å². The standard InChI is InChI=1S/C12H14ClNO2/c1-14-12(7-4-8-16-11(12)15)9-5-2-3-6-10(9)13/h2-3,5-6,14H,4,7-8H2,1H3/t12-/m0/s1. The van der Waals surface area contributed by atoms with Gasteiger partial charge in [0.05, 0.1) is 6.61 Å². The van der Waals surface area contributed by atoms with Crippen LogP contribution in [0.3, 0.4) is 0 Å². The fourth-order valence-electron chi connectivity index (χ4n) is 2.14. The Labute approximate surface area is 99.7 Å². The van der Waals surface area contributed by atoms with Crippen LogP contribution in [0.4, 0.5) is 0 Å². The van der Waals surface area contributed by atoms with Gasteiger partial charge in [0.2, 0.25) is 0 Å². The molecule has 2 rings (SSSR count). The van der Waals surface area contributed by atoms with Crippen molar-refractivity contribution in [1.82, 2.24) is 5.32 Å². The van der Waals surface area contributed by atoms with Crippen LogP contribution in [0.25, 0.3) is 0 Å². The average molecular weight is 240 g/mol. The fraction of sp³-hybridized carbons (Fsp3) is 0.417. The molecule has 0 amide bonds. The number of rotatable bonds is 2. The zero-order valence-corrected chi connectivity index (χ0v) is 9.88. The minimum Gasteiger partial charge on any atom is -0.464 e. The minimum absolute atomic E-state index is 0.241. The second kappa shape index (κ2) is 4.44. The summed E-state index contributed by atoms with van der Waals surface area (Å²) in [4.78, 5) is 12.0. The molecule has 1 heterocycles. The van der Waals surface area contributed by atoms with Gasteiger partial charge in [-0.1, -0.05) is 29.8 Å². The molecular weight excluding hydrogens is 226 g/mol. The molecule has 1 aromatic carbocycles. The van der Waals surface area contributed by atoms with Crippen LogP contribution in [0.1, 0.15) is 18.4 Å². The monoisotopic (exact) mass is 239 g/mol. The number of hydrogen-bond donors (Lipinski definition) is 1. The first-order valence-corrected chi connectivity index (χ1v) is 5.69. The molecule has 1 aromatic rings. The summed E-state index contributed by atoms with van der Waals surface area (Å²) in [7, 11) is 1.76. The molecule has 1 saturated heterocycles. The summed E-state index contributed by atoms with van der Waals surface area (Å²) in [5.41, 5.74) is 0.0141. The number of esters is 1. The van der Waals surface area contributed by atoms with E-state index in [-0.39, 0.29) is 5.97 Å². The third kappa shape index (κ3) is 1.70. The number of nitrogens with one attached hydrogen (secondary N) is 1. The molecule has 0 aliphatic carbocycles. The van der Waals surface area contributed by atoms with Gasteiger partial charge in [0.1, 0.15) is 5.54 Å². The summed E-state index contributed by atoms with van der Waals surface area (Å²) in [5.74, 6) is -0.241. The number of cyclic esters (lactones) is 1. The van der Waals surface area contributed by atoms with E-state index in [1.165, 1.54) is 0 Å². The lowest BCUT2D eigenvalue weighted by molar-refractivity contribution is -0.157. The maximum absolute atomic E-state index is 12.0. The van der Waals surface area contributed by atoms with Crippen LogP contribution >= 0.6 is 11.6 Å². The molecule has 3 nitrogen and oxygen atoms in total. The van der Waals surface area contributed by atoms with Crippen molar-refractivity contribution in [1.29, 1.82) is 0 Å². The van der Waals surface area contributed by atoms with Crippen molar-refractivity contribution >= 4 is 17.6 Å². The second-order valence-electron chi connectivity index (χ2n) is 3.87. The summed E-state index contributed by atoms with van der Waals surface area (Å²) < 4.78 is 5.13. The predicted molar refractivity (Wildman–Crippen MR) is 62.4 cm³/mol. The van der Waals surface area contributed by atoms with E-state index < -0.39 is 5.54 Å². The first-order valence-electron chi connectivity index (χ1n) is 5.32. The average Bonchev–Trinajstić information content (AvgIpc) is 2.31. The van der Waals surface area contributed by atoms with E-state index in [1.807, 2.05) is 18.2 Å². The number of halogens is 1. The zero-order chi connectivity index (χ0) is 11.6. The van der Waals surface area contributed by atoms with E-state index in [1.54, 1.807) is 13.1 Å². The van der Waals surface area contributed by atoms with Gasteiger partial charge in [-0.3, -0.25) is 0 Å². The molecule has 0 radical (unpaired) electrons. The molecule has 1 aliphatic heterocycles. The van der Waals surface area contributed by atoms with Crippen LogP contribution in [0, 0.1) is 0 Å². The Morgan fingerprint density at radius 2 is 2.19 bits per heavy atom. The van der Waals surface area contributed by atoms with Crippen LogP contribution < -0.4 is 5.32 Å². The van der Waals surface area contributed by atoms with E-state index in [4.69, 9.17) is 16.3 Å². The summed E-state index contributed by atoms with van der Waals surface area (Å²) in [6.45, 7) is 0.493. The quantitative estimate of drug-likeness (QED) is 0.804. The van der Waals surface area contributed by atoms with Gasteiger partial charge in [0.15, 0.2) is 0 Å². The Morgan fingerprint density at radius 3 is 2.81 bits per heavy atom. The largest absolute Gasteiger partial charge is 0.464 e. The first-order chi connectivity index (χ1) is 7.70. The van der Waals surface area contributed by atoms with Crippen molar-refractivity contribution in [2.75, 3.05) is 13.7 Å². The molecular formula is C12H14ClNO2. The number of carbonyl (C=O) groups is 1. The normalized spacial score (nSPS) is 25.2. The third-order valence-corrected chi connectivity index (χ3v) is 3.37. The number of carbonyl (C=O) groups excluding carboxylic acids is 1. The van der Waals surface area contributed by atoms with Gasteiger partial charge < -0.3 is 10.1 Å². The molecule has 0 spiro atoms. The van der Waals surface area contributed by atoms with Crippen molar-refractivity contribution in [3.8, 4) is 0 Å². The number of ether oxygens (including phenoxy) is 1. The van der Waals surface area contributed by atoms with Crippen LogP contribution in [-0.2, 0) is 15.1 Å². The molecule has 86 valence electrons. The molecule has 0 aromatic heterocycles. The van der Waals surface area contributed by atoms with E-state index in [0.29, 0.717) is 18.1 Å². The SMILES string of the molecule is CN[C@]1(c2ccccc2Cl)CCCOC1=O. The Kier molecular flexibility index (Phi) is 3.17. The van der Waals surface area contributed by atoms with Crippen LogP contribution in [-0.4, -0.2) is 19.6 Å². The van der Waals surface area contributed by atoms with Crippen LogP contribution in [0.5, 0.6) is 0 Å². The van der Waals surface area contributed by atoms with E-state index >= 15 is 0 Å². The zero-order valence-electron chi connectivity index (χ0n) is 9.13. The van der Waals surface area contributed by atoms with Gasteiger partial charge >= 0.3 is 5.97 Å². The number of hydrogen-bond acceptors (Lipinski definition) is 3. The van der Waals surface area contributed by atoms with Gasteiger partial charge in [0.25, 0.3) is 0 Å². The van der Waals surface area contributed by atoms with E-state index in [2.05, 4.69) is 5.32 Å². The molecule has 0 bridgehead atoms. The highest BCUT2D eigenvalue weighted by molar-refractivity contribution is 6.31. The van der Waals surface area contributed by atoms with Crippen molar-refractivity contribution in [2.45, 2.75) is 18.4 Å². The molecule has 1 N–H and O–H groups in total. The Balaban J connectivity index is 2.48. The summed E-state index contributed by atoms with van der Waals surface area (Å²) >= 11 is 6.14.